The van der Waals surface area contributed by atoms with Gasteiger partial charge in [-0.25, -0.2) is 4.98 Å². The molecule has 1 aromatic carbocycles. The van der Waals surface area contributed by atoms with Gasteiger partial charge in [0, 0.05) is 11.8 Å². The monoisotopic (exact) mass is 334 g/mol. The van der Waals surface area contributed by atoms with E-state index in [2.05, 4.69) is 9.55 Å². The molecule has 2 nitrogen and oxygen atoms in total. The summed E-state index contributed by atoms with van der Waals surface area (Å²) in [6, 6.07) is 4.17. The van der Waals surface area contributed by atoms with Gasteiger partial charge in [0.15, 0.2) is 0 Å². The van der Waals surface area contributed by atoms with Gasteiger partial charge >= 0.3 is 0 Å². The molecular formula is C13H13Cl3N2S. The number of hydrogen-bond acceptors (Lipinski definition) is 2. The Labute approximate surface area is 131 Å². The molecule has 2 aromatic rings. The lowest BCUT2D eigenvalue weighted by Gasteiger charge is -2.17. The number of imidazole rings is 1. The first-order valence-electron chi connectivity index (χ1n) is 6.16. The highest BCUT2D eigenvalue weighted by Crippen LogP contribution is 2.37. The number of halogens is 3. The van der Waals surface area contributed by atoms with Crippen LogP contribution in [0.5, 0.6) is 0 Å². The smallest absolute Gasteiger partial charge is 0.128 e. The van der Waals surface area contributed by atoms with E-state index in [1.54, 1.807) is 0 Å². The van der Waals surface area contributed by atoms with Gasteiger partial charge in [-0.15, -0.1) is 11.6 Å². The predicted octanol–water partition coefficient (Wildman–Crippen LogP) is 5.32. The van der Waals surface area contributed by atoms with Gasteiger partial charge in [-0.05, 0) is 31.2 Å². The lowest BCUT2D eigenvalue weighted by atomic mass is 10.2. The third-order valence-corrected chi connectivity index (χ3v) is 5.45. The third-order valence-electron chi connectivity index (χ3n) is 3.39. The molecule has 1 aliphatic heterocycles. The highest BCUT2D eigenvalue weighted by Gasteiger charge is 2.25. The molecule has 1 aromatic heterocycles. The Hall–Kier alpha value is -0.0900. The zero-order chi connectivity index (χ0) is 13.6. The van der Waals surface area contributed by atoms with E-state index in [1.807, 2.05) is 30.8 Å². The molecule has 0 N–H and O–H groups in total. The molecule has 2 heterocycles. The second-order valence-corrected chi connectivity index (χ2v) is 7.35. The molecule has 1 aliphatic rings. The topological polar surface area (TPSA) is 17.8 Å². The number of benzene rings is 1. The van der Waals surface area contributed by atoms with E-state index in [0.29, 0.717) is 16.1 Å². The van der Waals surface area contributed by atoms with Crippen molar-refractivity contribution in [3.05, 3.63) is 28.0 Å². The van der Waals surface area contributed by atoms with Crippen molar-refractivity contribution in [2.45, 2.75) is 24.8 Å². The second-order valence-electron chi connectivity index (χ2n) is 4.73. The summed E-state index contributed by atoms with van der Waals surface area (Å²) < 4.78 is 2.25. The Morgan fingerprint density at radius 3 is 2.74 bits per heavy atom. The van der Waals surface area contributed by atoms with Gasteiger partial charge in [0.2, 0.25) is 0 Å². The van der Waals surface area contributed by atoms with Crippen molar-refractivity contribution in [2.75, 3.05) is 11.5 Å². The van der Waals surface area contributed by atoms with Gasteiger partial charge in [-0.2, -0.15) is 11.8 Å². The molecule has 1 saturated heterocycles. The largest absolute Gasteiger partial charge is 0.323 e. The fourth-order valence-electron chi connectivity index (χ4n) is 2.50. The molecule has 1 fully saturated rings. The maximum Gasteiger partial charge on any atom is 0.128 e. The zero-order valence-corrected chi connectivity index (χ0v) is 13.5. The maximum atomic E-state index is 6.28. The van der Waals surface area contributed by atoms with Crippen LogP contribution in [-0.4, -0.2) is 21.1 Å². The molecule has 0 spiro atoms. The normalized spacial score (nSPS) is 21.2. The Kier molecular flexibility index (Phi) is 3.91. The van der Waals surface area contributed by atoms with E-state index in [9.17, 15) is 0 Å². The lowest BCUT2D eigenvalue weighted by Crippen LogP contribution is -2.12. The predicted molar refractivity (Wildman–Crippen MR) is 85.0 cm³/mol. The van der Waals surface area contributed by atoms with Crippen molar-refractivity contribution in [3.63, 3.8) is 0 Å². The Balaban J connectivity index is 2.25. The molecule has 19 heavy (non-hydrogen) atoms. The molecule has 0 amide bonds. The van der Waals surface area contributed by atoms with Crippen molar-refractivity contribution in [3.8, 4) is 0 Å². The van der Waals surface area contributed by atoms with Crippen molar-refractivity contribution < 1.29 is 0 Å². The van der Waals surface area contributed by atoms with E-state index in [0.717, 1.165) is 29.0 Å². The molecule has 2 atom stereocenters. The number of thioether (sulfide) groups is 1. The van der Waals surface area contributed by atoms with Crippen LogP contribution >= 0.6 is 46.6 Å². The number of nitrogens with zero attached hydrogens (tertiary/aromatic N) is 2. The fourth-order valence-corrected chi connectivity index (χ4v) is 4.16. The molecule has 0 radical (unpaired) electrons. The quantitative estimate of drug-likeness (QED) is 0.691. The minimum atomic E-state index is -0.129. The number of hydrogen-bond donors (Lipinski definition) is 0. The Bertz CT molecular complexity index is 618. The van der Waals surface area contributed by atoms with E-state index in [1.165, 1.54) is 5.75 Å². The van der Waals surface area contributed by atoms with Crippen LogP contribution in [0.2, 0.25) is 10.0 Å². The summed E-state index contributed by atoms with van der Waals surface area (Å²) >= 11 is 20.5. The zero-order valence-electron chi connectivity index (χ0n) is 10.4. The van der Waals surface area contributed by atoms with Gasteiger partial charge in [-0.3, -0.25) is 0 Å². The SMILES string of the molecule is CC(Cl)c1nc2cc(Cl)c(Cl)cc2n1C1CCSC1. The van der Waals surface area contributed by atoms with Gasteiger partial charge in [-0.1, -0.05) is 23.2 Å². The van der Waals surface area contributed by atoms with E-state index in [-0.39, 0.29) is 5.38 Å². The van der Waals surface area contributed by atoms with Crippen LogP contribution in [0.4, 0.5) is 0 Å². The van der Waals surface area contributed by atoms with Gasteiger partial charge in [0.25, 0.3) is 0 Å². The number of alkyl halides is 1. The Morgan fingerprint density at radius 2 is 2.11 bits per heavy atom. The molecule has 0 aliphatic carbocycles. The highest BCUT2D eigenvalue weighted by atomic mass is 35.5. The van der Waals surface area contributed by atoms with Crippen LogP contribution in [0.25, 0.3) is 11.0 Å². The molecule has 102 valence electrons. The lowest BCUT2D eigenvalue weighted by molar-refractivity contribution is 0.549. The van der Waals surface area contributed by atoms with Crippen molar-refractivity contribution in [1.29, 1.82) is 0 Å². The summed E-state index contributed by atoms with van der Waals surface area (Å²) in [6.07, 6.45) is 1.15. The summed E-state index contributed by atoms with van der Waals surface area (Å²) in [5.74, 6) is 3.19. The fraction of sp³-hybridized carbons (Fsp3) is 0.462. The third kappa shape index (κ3) is 2.46. The van der Waals surface area contributed by atoms with Crippen LogP contribution in [0, 0.1) is 0 Å². The molecule has 0 bridgehead atoms. The van der Waals surface area contributed by atoms with E-state index >= 15 is 0 Å². The summed E-state index contributed by atoms with van der Waals surface area (Å²) in [5.41, 5.74) is 1.90. The number of fused-ring (bicyclic) bond motifs is 1. The minimum Gasteiger partial charge on any atom is -0.323 e. The van der Waals surface area contributed by atoms with E-state index in [4.69, 9.17) is 34.8 Å². The van der Waals surface area contributed by atoms with Gasteiger partial charge < -0.3 is 4.57 Å². The first-order valence-corrected chi connectivity index (χ1v) is 8.51. The van der Waals surface area contributed by atoms with Crippen LogP contribution in [0.15, 0.2) is 12.1 Å². The minimum absolute atomic E-state index is 0.129. The Morgan fingerprint density at radius 1 is 1.37 bits per heavy atom. The molecule has 0 saturated carbocycles. The first kappa shape index (κ1) is 13.9. The second kappa shape index (κ2) is 5.36. The standard InChI is InChI=1S/C13H13Cl3N2S/c1-7(14)13-17-11-4-9(15)10(16)5-12(11)18(13)8-2-3-19-6-8/h4-5,7-8H,2-3,6H2,1H3. The number of aromatic nitrogens is 2. The number of rotatable bonds is 2. The van der Waals surface area contributed by atoms with Crippen LogP contribution in [0.3, 0.4) is 0 Å². The molecular weight excluding hydrogens is 323 g/mol. The maximum absolute atomic E-state index is 6.28. The molecule has 3 rings (SSSR count). The van der Waals surface area contributed by atoms with Crippen molar-refractivity contribution >= 4 is 57.6 Å². The van der Waals surface area contributed by atoms with Gasteiger partial charge in [0.1, 0.15) is 5.82 Å². The van der Waals surface area contributed by atoms with Crippen LogP contribution < -0.4 is 0 Å². The summed E-state index contributed by atoms with van der Waals surface area (Å²) in [5, 5.41) is 0.971. The molecule has 6 heteroatoms. The first-order chi connectivity index (χ1) is 9.08. The summed E-state index contributed by atoms with van der Waals surface area (Å²) in [6.45, 7) is 1.95. The average Bonchev–Trinajstić information content (AvgIpc) is 2.96. The summed E-state index contributed by atoms with van der Waals surface area (Å²) in [7, 11) is 0. The van der Waals surface area contributed by atoms with Crippen LogP contribution in [0.1, 0.15) is 30.6 Å². The van der Waals surface area contributed by atoms with E-state index < -0.39 is 0 Å². The summed E-state index contributed by atoms with van der Waals surface area (Å²) in [4.78, 5) is 4.64. The van der Waals surface area contributed by atoms with Crippen molar-refractivity contribution in [2.24, 2.45) is 0 Å². The average molecular weight is 336 g/mol. The van der Waals surface area contributed by atoms with Crippen molar-refractivity contribution in [1.82, 2.24) is 9.55 Å². The van der Waals surface area contributed by atoms with Crippen LogP contribution in [-0.2, 0) is 0 Å². The highest BCUT2D eigenvalue weighted by molar-refractivity contribution is 7.99. The molecule has 2 unspecified atom stereocenters. The van der Waals surface area contributed by atoms with Gasteiger partial charge in [0.05, 0.1) is 26.5 Å².